The summed E-state index contributed by atoms with van der Waals surface area (Å²) in [6.45, 7) is 8.15. The van der Waals surface area contributed by atoms with Crippen LogP contribution in [0, 0.1) is 29.1 Å². The highest BCUT2D eigenvalue weighted by molar-refractivity contribution is 4.98. The summed E-state index contributed by atoms with van der Waals surface area (Å²) in [5.41, 5.74) is 0. The fraction of sp³-hybridized carbons (Fsp3) is 0.933. The average Bonchev–Trinajstić information content (AvgIpc) is 3.09. The predicted octanol–water partition coefficient (Wildman–Crippen LogP) is 3.44. The van der Waals surface area contributed by atoms with Gasteiger partial charge in [0, 0.05) is 18.6 Å². The lowest BCUT2D eigenvalue weighted by atomic mass is 9.78. The van der Waals surface area contributed by atoms with Crippen molar-refractivity contribution in [2.75, 3.05) is 6.54 Å². The van der Waals surface area contributed by atoms with Crippen molar-refractivity contribution in [3.8, 4) is 6.07 Å². The van der Waals surface area contributed by atoms with E-state index in [1.165, 1.54) is 32.2 Å². The van der Waals surface area contributed by atoms with Crippen LogP contribution in [0.25, 0.3) is 0 Å². The quantitative estimate of drug-likeness (QED) is 0.745. The van der Waals surface area contributed by atoms with Crippen LogP contribution in [0.2, 0.25) is 0 Å². The molecule has 96 valence electrons. The Morgan fingerprint density at radius 2 is 1.94 bits per heavy atom. The molecule has 2 heteroatoms. The van der Waals surface area contributed by atoms with Gasteiger partial charge in [-0.05, 0) is 57.8 Å². The van der Waals surface area contributed by atoms with Crippen LogP contribution >= 0.6 is 0 Å². The van der Waals surface area contributed by atoms with Crippen molar-refractivity contribution in [3.05, 3.63) is 0 Å². The summed E-state index contributed by atoms with van der Waals surface area (Å²) in [6.07, 6.45) is 6.38. The third-order valence-corrected chi connectivity index (χ3v) is 4.50. The minimum absolute atomic E-state index is 0.271. The minimum atomic E-state index is 0.271. The molecule has 0 saturated heterocycles. The molecule has 0 bridgehead atoms. The first-order chi connectivity index (χ1) is 8.11. The van der Waals surface area contributed by atoms with E-state index in [1.807, 2.05) is 0 Å². The summed E-state index contributed by atoms with van der Waals surface area (Å²) < 4.78 is 0. The van der Waals surface area contributed by atoms with Crippen molar-refractivity contribution in [2.45, 2.75) is 65.0 Å². The van der Waals surface area contributed by atoms with Gasteiger partial charge >= 0.3 is 0 Å². The highest BCUT2D eigenvalue weighted by Crippen LogP contribution is 2.36. The van der Waals surface area contributed by atoms with E-state index in [4.69, 9.17) is 0 Å². The smallest absolute Gasteiger partial charge is 0.0672 e. The third-order valence-electron chi connectivity index (χ3n) is 4.50. The molecule has 2 aliphatic carbocycles. The van der Waals surface area contributed by atoms with E-state index >= 15 is 0 Å². The first-order valence-corrected chi connectivity index (χ1v) is 7.27. The molecule has 0 heterocycles. The molecular weight excluding hydrogens is 208 g/mol. The molecule has 2 saturated carbocycles. The Balaban J connectivity index is 2.05. The molecule has 0 amide bonds. The molecule has 2 rings (SSSR count). The van der Waals surface area contributed by atoms with Crippen molar-refractivity contribution in [1.29, 1.82) is 5.26 Å². The lowest BCUT2D eigenvalue weighted by molar-refractivity contribution is 0.0733. The molecule has 2 nitrogen and oxygen atoms in total. The van der Waals surface area contributed by atoms with Crippen molar-refractivity contribution in [2.24, 2.45) is 17.8 Å². The zero-order valence-corrected chi connectivity index (χ0v) is 11.5. The Labute approximate surface area is 106 Å². The average molecular weight is 234 g/mol. The summed E-state index contributed by atoms with van der Waals surface area (Å²) in [5, 5.41) is 9.35. The fourth-order valence-electron chi connectivity index (χ4n) is 3.20. The molecular formula is C15H26N2. The van der Waals surface area contributed by atoms with Crippen LogP contribution in [0.3, 0.4) is 0 Å². The van der Waals surface area contributed by atoms with Gasteiger partial charge in [-0.3, -0.25) is 4.90 Å². The summed E-state index contributed by atoms with van der Waals surface area (Å²) in [6, 6.07) is 3.66. The van der Waals surface area contributed by atoms with Gasteiger partial charge in [0.2, 0.25) is 0 Å². The summed E-state index contributed by atoms with van der Waals surface area (Å²) in [5.74, 6) is 1.99. The van der Waals surface area contributed by atoms with Crippen LogP contribution < -0.4 is 0 Å². The van der Waals surface area contributed by atoms with Crippen LogP contribution in [0.5, 0.6) is 0 Å². The van der Waals surface area contributed by atoms with Crippen LogP contribution in [0.1, 0.15) is 52.9 Å². The van der Waals surface area contributed by atoms with Gasteiger partial charge in [0.1, 0.15) is 0 Å². The molecule has 0 aliphatic heterocycles. The predicted molar refractivity (Wildman–Crippen MR) is 70.5 cm³/mol. The van der Waals surface area contributed by atoms with Gasteiger partial charge in [0.25, 0.3) is 0 Å². The molecule has 0 aromatic heterocycles. The van der Waals surface area contributed by atoms with Crippen molar-refractivity contribution < 1.29 is 0 Å². The topological polar surface area (TPSA) is 27.0 Å². The second kappa shape index (κ2) is 5.40. The van der Waals surface area contributed by atoms with Gasteiger partial charge in [-0.2, -0.15) is 5.26 Å². The minimum Gasteiger partial charge on any atom is -0.296 e. The van der Waals surface area contributed by atoms with Crippen LogP contribution in [0.4, 0.5) is 0 Å². The fourth-order valence-corrected chi connectivity index (χ4v) is 3.20. The largest absolute Gasteiger partial charge is 0.296 e. The van der Waals surface area contributed by atoms with Crippen LogP contribution in [-0.4, -0.2) is 23.5 Å². The highest BCUT2D eigenvalue weighted by atomic mass is 15.2. The maximum absolute atomic E-state index is 9.35. The van der Waals surface area contributed by atoms with E-state index in [-0.39, 0.29) is 5.92 Å². The maximum atomic E-state index is 9.35. The molecule has 2 aliphatic rings. The van der Waals surface area contributed by atoms with E-state index in [0.29, 0.717) is 12.1 Å². The first kappa shape index (κ1) is 12.9. The van der Waals surface area contributed by atoms with Crippen molar-refractivity contribution in [1.82, 2.24) is 4.90 Å². The molecule has 2 fully saturated rings. The van der Waals surface area contributed by atoms with Gasteiger partial charge in [0.05, 0.1) is 12.0 Å². The Kier molecular flexibility index (Phi) is 4.09. The number of nitriles is 1. The SMILES string of the molecule is CC1CCC(C#N)C(N(CC2CC2)C(C)C)C1. The zero-order valence-electron chi connectivity index (χ0n) is 11.5. The van der Waals surface area contributed by atoms with E-state index in [9.17, 15) is 5.26 Å². The maximum Gasteiger partial charge on any atom is 0.0672 e. The zero-order chi connectivity index (χ0) is 12.4. The molecule has 0 aromatic carbocycles. The lowest BCUT2D eigenvalue weighted by Crippen LogP contribution is -2.48. The van der Waals surface area contributed by atoms with Crippen molar-refractivity contribution in [3.63, 3.8) is 0 Å². The van der Waals surface area contributed by atoms with Gasteiger partial charge < -0.3 is 0 Å². The Bertz CT molecular complexity index is 288. The van der Waals surface area contributed by atoms with Gasteiger partial charge in [-0.1, -0.05) is 6.92 Å². The molecule has 3 atom stereocenters. The number of nitrogens with zero attached hydrogens (tertiary/aromatic N) is 2. The summed E-state index contributed by atoms with van der Waals surface area (Å²) in [7, 11) is 0. The molecule has 17 heavy (non-hydrogen) atoms. The number of rotatable bonds is 4. The molecule has 3 unspecified atom stereocenters. The monoisotopic (exact) mass is 234 g/mol. The molecule has 0 aromatic rings. The summed E-state index contributed by atoms with van der Waals surface area (Å²) >= 11 is 0. The van der Waals surface area contributed by atoms with E-state index < -0.39 is 0 Å². The summed E-state index contributed by atoms with van der Waals surface area (Å²) in [4.78, 5) is 2.63. The van der Waals surface area contributed by atoms with Gasteiger partial charge in [0.15, 0.2) is 0 Å². The van der Waals surface area contributed by atoms with Gasteiger partial charge in [-0.15, -0.1) is 0 Å². The standard InChI is InChI=1S/C15H26N2/c1-11(2)17(10-13-5-6-13)15-8-12(3)4-7-14(15)9-16/h11-15H,4-8,10H2,1-3H3. The molecule has 0 radical (unpaired) electrons. The van der Waals surface area contributed by atoms with E-state index in [1.54, 1.807) is 0 Å². The Morgan fingerprint density at radius 1 is 1.24 bits per heavy atom. The van der Waals surface area contributed by atoms with Crippen LogP contribution in [0.15, 0.2) is 0 Å². The van der Waals surface area contributed by atoms with E-state index in [2.05, 4.69) is 31.7 Å². The number of hydrogen-bond acceptors (Lipinski definition) is 2. The normalized spacial score (nSPS) is 34.0. The number of hydrogen-bond donors (Lipinski definition) is 0. The Hall–Kier alpha value is -0.550. The highest BCUT2D eigenvalue weighted by Gasteiger charge is 2.36. The molecule has 0 N–H and O–H groups in total. The molecule has 0 spiro atoms. The third kappa shape index (κ3) is 3.22. The second-order valence-electron chi connectivity index (χ2n) is 6.46. The first-order valence-electron chi connectivity index (χ1n) is 7.27. The van der Waals surface area contributed by atoms with Crippen LogP contribution in [-0.2, 0) is 0 Å². The van der Waals surface area contributed by atoms with Gasteiger partial charge in [-0.25, -0.2) is 0 Å². The van der Waals surface area contributed by atoms with Crippen molar-refractivity contribution >= 4 is 0 Å². The Morgan fingerprint density at radius 3 is 2.47 bits per heavy atom. The van der Waals surface area contributed by atoms with E-state index in [0.717, 1.165) is 18.3 Å². The second-order valence-corrected chi connectivity index (χ2v) is 6.46. The lowest BCUT2D eigenvalue weighted by Gasteiger charge is -2.42.